The second kappa shape index (κ2) is 7.95. The minimum Gasteiger partial charge on any atom is -0.352 e. The molecule has 1 aliphatic carbocycles. The Morgan fingerprint density at radius 3 is 2.19 bits per heavy atom. The Balaban J connectivity index is 1.56. The van der Waals surface area contributed by atoms with E-state index in [9.17, 15) is 14.4 Å². The van der Waals surface area contributed by atoms with E-state index in [-0.39, 0.29) is 17.3 Å². The number of rotatable bonds is 3. The Hall–Kier alpha value is -4.09. The average molecular weight is 502 g/mol. The van der Waals surface area contributed by atoms with Gasteiger partial charge in [0, 0.05) is 22.7 Å². The smallest absolute Gasteiger partial charge is 0.195 e. The zero-order chi connectivity index (χ0) is 25.3. The maximum Gasteiger partial charge on any atom is 0.195 e. The molecule has 1 aromatic heterocycles. The highest BCUT2D eigenvalue weighted by Gasteiger charge is 2.71. The summed E-state index contributed by atoms with van der Waals surface area (Å²) in [6.45, 7) is 2.01. The summed E-state index contributed by atoms with van der Waals surface area (Å²) in [5, 5.41) is 1.89. The third-order valence-corrected chi connectivity index (χ3v) is 9.07. The molecule has 4 aromatic rings. The van der Waals surface area contributed by atoms with E-state index in [4.69, 9.17) is 0 Å². The van der Waals surface area contributed by atoms with Gasteiger partial charge >= 0.3 is 0 Å². The summed E-state index contributed by atoms with van der Waals surface area (Å²) in [6, 6.07) is 25.3. The molecule has 3 heterocycles. The minimum absolute atomic E-state index is 0.0656. The molecule has 37 heavy (non-hydrogen) atoms. The molecule has 3 atom stereocenters. The fourth-order valence-electron chi connectivity index (χ4n) is 6.63. The number of nitrogens with zero attached hydrogens (tertiary/aromatic N) is 1. The average Bonchev–Trinajstić information content (AvgIpc) is 3.63. The molecule has 0 N–H and O–H groups in total. The van der Waals surface area contributed by atoms with Crippen LogP contribution < -0.4 is 4.90 Å². The van der Waals surface area contributed by atoms with E-state index >= 15 is 0 Å². The van der Waals surface area contributed by atoms with Crippen LogP contribution in [0.2, 0.25) is 0 Å². The van der Waals surface area contributed by atoms with Crippen LogP contribution >= 0.6 is 11.3 Å². The van der Waals surface area contributed by atoms with E-state index in [2.05, 4.69) is 4.90 Å². The van der Waals surface area contributed by atoms with Crippen molar-refractivity contribution in [1.29, 1.82) is 0 Å². The van der Waals surface area contributed by atoms with Gasteiger partial charge in [-0.05, 0) is 35.6 Å². The van der Waals surface area contributed by atoms with Crippen molar-refractivity contribution >= 4 is 40.4 Å². The highest BCUT2D eigenvalue weighted by Crippen LogP contribution is 2.61. The largest absolute Gasteiger partial charge is 0.352 e. The molecule has 1 spiro atoms. The SMILES string of the molecule is Cc1ccc([C@@H]2[C@@H](C(=O)c3cccs3)N3c4ccccc4C=C[C@H]3C23C(=O)c2ccccc2C3=O)cc1. The Morgan fingerprint density at radius 1 is 0.838 bits per heavy atom. The molecule has 0 radical (unpaired) electrons. The number of anilines is 1. The molecule has 7 rings (SSSR count). The molecule has 0 bridgehead atoms. The zero-order valence-electron chi connectivity index (χ0n) is 20.1. The molecular formula is C32H23NO3S. The van der Waals surface area contributed by atoms with Gasteiger partial charge in [-0.3, -0.25) is 14.4 Å². The fraction of sp³-hybridized carbons (Fsp3) is 0.156. The summed E-state index contributed by atoms with van der Waals surface area (Å²) in [5.41, 5.74) is 3.19. The van der Waals surface area contributed by atoms with Crippen LogP contribution in [0.1, 0.15) is 53.0 Å². The van der Waals surface area contributed by atoms with Gasteiger partial charge in [0.25, 0.3) is 0 Å². The summed E-state index contributed by atoms with van der Waals surface area (Å²) in [6.07, 6.45) is 3.96. The van der Waals surface area contributed by atoms with Crippen LogP contribution in [0, 0.1) is 12.3 Å². The molecule has 3 aliphatic rings. The summed E-state index contributed by atoms with van der Waals surface area (Å²) in [5.74, 6) is -1.11. The predicted octanol–water partition coefficient (Wildman–Crippen LogP) is 6.37. The number of hydrogen-bond donors (Lipinski definition) is 0. The van der Waals surface area contributed by atoms with E-state index in [0.717, 1.165) is 22.4 Å². The van der Waals surface area contributed by atoms with Gasteiger partial charge in [-0.25, -0.2) is 0 Å². The number of hydrogen-bond acceptors (Lipinski definition) is 5. The van der Waals surface area contributed by atoms with Crippen molar-refractivity contribution in [2.75, 3.05) is 4.90 Å². The van der Waals surface area contributed by atoms with Crippen LogP contribution in [-0.4, -0.2) is 29.4 Å². The topological polar surface area (TPSA) is 54.5 Å². The Bertz CT molecular complexity index is 1580. The van der Waals surface area contributed by atoms with Crippen LogP contribution in [-0.2, 0) is 0 Å². The summed E-state index contributed by atoms with van der Waals surface area (Å²) >= 11 is 1.39. The number of thiophene rings is 1. The van der Waals surface area contributed by atoms with E-state index in [1.165, 1.54) is 11.3 Å². The molecule has 1 saturated heterocycles. The first-order valence-corrected chi connectivity index (χ1v) is 13.3. The molecule has 2 aliphatic heterocycles. The lowest BCUT2D eigenvalue weighted by molar-refractivity contribution is 0.0666. The molecule has 3 aromatic carbocycles. The van der Waals surface area contributed by atoms with Gasteiger partial charge in [-0.15, -0.1) is 11.3 Å². The van der Waals surface area contributed by atoms with Gasteiger partial charge in [-0.2, -0.15) is 0 Å². The normalized spacial score (nSPS) is 22.7. The van der Waals surface area contributed by atoms with Crippen LogP contribution in [0.3, 0.4) is 0 Å². The molecule has 4 nitrogen and oxygen atoms in total. The lowest BCUT2D eigenvalue weighted by Crippen LogP contribution is -2.48. The van der Waals surface area contributed by atoms with Crippen LogP contribution in [0.25, 0.3) is 6.08 Å². The zero-order valence-corrected chi connectivity index (χ0v) is 20.9. The number of carbonyl (C=O) groups is 3. The molecule has 0 unspecified atom stereocenters. The van der Waals surface area contributed by atoms with E-state index in [1.807, 2.05) is 85.1 Å². The third-order valence-electron chi connectivity index (χ3n) is 8.18. The monoisotopic (exact) mass is 501 g/mol. The predicted molar refractivity (Wildman–Crippen MR) is 146 cm³/mol. The van der Waals surface area contributed by atoms with Crippen molar-refractivity contribution in [3.63, 3.8) is 0 Å². The van der Waals surface area contributed by atoms with Gasteiger partial charge in [0.15, 0.2) is 17.3 Å². The molecule has 1 fully saturated rings. The van der Waals surface area contributed by atoms with Gasteiger partial charge < -0.3 is 4.90 Å². The molecule has 180 valence electrons. The second-order valence-corrected chi connectivity index (χ2v) is 11.0. The molecule has 0 amide bonds. The number of Topliss-reactive ketones (excluding diaryl/α,β-unsaturated/α-hetero) is 3. The van der Waals surface area contributed by atoms with Gasteiger partial charge in [0.1, 0.15) is 11.5 Å². The molecule has 5 heteroatoms. The van der Waals surface area contributed by atoms with Crippen molar-refractivity contribution in [3.05, 3.63) is 129 Å². The fourth-order valence-corrected chi connectivity index (χ4v) is 7.33. The van der Waals surface area contributed by atoms with E-state index in [0.29, 0.717) is 16.0 Å². The highest BCUT2D eigenvalue weighted by atomic mass is 32.1. The maximum absolute atomic E-state index is 14.5. The van der Waals surface area contributed by atoms with Crippen LogP contribution in [0.15, 0.2) is 96.4 Å². The summed E-state index contributed by atoms with van der Waals surface area (Å²) in [7, 11) is 0. The number of ketones is 3. The Morgan fingerprint density at radius 2 is 1.51 bits per heavy atom. The minimum atomic E-state index is -1.44. The number of para-hydroxylation sites is 1. The van der Waals surface area contributed by atoms with Crippen molar-refractivity contribution in [1.82, 2.24) is 0 Å². The van der Waals surface area contributed by atoms with Gasteiger partial charge in [0.2, 0.25) is 0 Å². The third kappa shape index (κ3) is 2.86. The summed E-state index contributed by atoms with van der Waals surface area (Å²) in [4.78, 5) is 46.1. The number of aryl methyl sites for hydroxylation is 1. The highest BCUT2D eigenvalue weighted by molar-refractivity contribution is 7.12. The second-order valence-electron chi connectivity index (χ2n) is 10.0. The number of fused-ring (bicyclic) bond motifs is 5. The lowest BCUT2D eigenvalue weighted by Gasteiger charge is -2.37. The Kier molecular flexibility index (Phi) is 4.76. The molecule has 0 saturated carbocycles. The van der Waals surface area contributed by atoms with Crippen LogP contribution in [0.5, 0.6) is 0 Å². The maximum atomic E-state index is 14.5. The van der Waals surface area contributed by atoms with Crippen molar-refractivity contribution in [2.45, 2.75) is 24.9 Å². The Labute approximate surface area is 218 Å². The van der Waals surface area contributed by atoms with Gasteiger partial charge in [-0.1, -0.05) is 90.5 Å². The van der Waals surface area contributed by atoms with Crippen molar-refractivity contribution in [2.24, 2.45) is 5.41 Å². The first-order chi connectivity index (χ1) is 18.0. The number of carbonyl (C=O) groups excluding carboxylic acids is 3. The van der Waals surface area contributed by atoms with Crippen molar-refractivity contribution in [3.8, 4) is 0 Å². The van der Waals surface area contributed by atoms with Gasteiger partial charge in [0.05, 0.1) is 10.9 Å². The lowest BCUT2D eigenvalue weighted by atomic mass is 9.64. The standard InChI is InChI=1S/C32H23NO3S/c1-19-12-14-21(15-13-19)27-28(29(34)25-11-6-18-37-25)33-24-10-5-2-7-20(24)16-17-26(33)32(27)30(35)22-8-3-4-9-23(22)31(32)36/h2-18,26-28H,1H3/t26-,27+,28-/m0/s1. The summed E-state index contributed by atoms with van der Waals surface area (Å²) < 4.78 is 0. The first-order valence-electron chi connectivity index (χ1n) is 12.4. The van der Waals surface area contributed by atoms with Crippen molar-refractivity contribution < 1.29 is 14.4 Å². The molecular weight excluding hydrogens is 478 g/mol. The van der Waals surface area contributed by atoms with Crippen LogP contribution in [0.4, 0.5) is 5.69 Å². The number of benzene rings is 3. The quantitative estimate of drug-likeness (QED) is 0.242. The van der Waals surface area contributed by atoms with E-state index < -0.39 is 23.4 Å². The first kappa shape index (κ1) is 22.1. The van der Waals surface area contributed by atoms with E-state index in [1.54, 1.807) is 24.3 Å².